The molecule has 0 saturated carbocycles. The number of nitrogens with zero attached hydrogens (tertiary/aromatic N) is 1. The van der Waals surface area contributed by atoms with E-state index < -0.39 is 10.0 Å². The molecule has 0 radical (unpaired) electrons. The zero-order valence-electron chi connectivity index (χ0n) is 14.9. The van der Waals surface area contributed by atoms with Crippen LogP contribution in [0.3, 0.4) is 0 Å². The van der Waals surface area contributed by atoms with E-state index in [2.05, 4.69) is 5.32 Å². The molecule has 1 heterocycles. The van der Waals surface area contributed by atoms with Gasteiger partial charge in [-0.3, -0.25) is 9.10 Å². The van der Waals surface area contributed by atoms with Gasteiger partial charge in [0.15, 0.2) is 0 Å². The van der Waals surface area contributed by atoms with E-state index in [1.807, 2.05) is 13.8 Å². The molecule has 1 N–H and O–H groups in total. The van der Waals surface area contributed by atoms with E-state index in [1.54, 1.807) is 43.3 Å². The first kappa shape index (κ1) is 18.7. The molecule has 7 heteroatoms. The molecule has 0 unspecified atom stereocenters. The first-order chi connectivity index (χ1) is 12.2. The maximum absolute atomic E-state index is 12.6. The summed E-state index contributed by atoms with van der Waals surface area (Å²) in [4.78, 5) is 12.6. The van der Waals surface area contributed by atoms with Crippen molar-refractivity contribution in [3.8, 4) is 0 Å². The first-order valence-corrected chi connectivity index (χ1v) is 10.4. The summed E-state index contributed by atoms with van der Waals surface area (Å²) in [6, 6.07) is 10.3. The van der Waals surface area contributed by atoms with Crippen molar-refractivity contribution in [3.63, 3.8) is 0 Å². The SMILES string of the molecule is CCS(=O)(=O)N1c2ccc(C(=O)Nc3ccc(Cl)cc3C)cc2C[C@@H]1C. The van der Waals surface area contributed by atoms with Crippen molar-refractivity contribution >= 4 is 38.9 Å². The fourth-order valence-corrected chi connectivity index (χ4v) is 4.87. The summed E-state index contributed by atoms with van der Waals surface area (Å²) in [5, 5.41) is 3.49. The zero-order chi connectivity index (χ0) is 19.1. The average Bonchev–Trinajstić information content (AvgIpc) is 2.92. The second-order valence-electron chi connectivity index (χ2n) is 6.51. The third-order valence-corrected chi connectivity index (χ3v) is 6.72. The molecule has 2 aromatic rings. The average molecular weight is 393 g/mol. The molecule has 0 aliphatic carbocycles. The van der Waals surface area contributed by atoms with Gasteiger partial charge < -0.3 is 5.32 Å². The van der Waals surface area contributed by atoms with Gasteiger partial charge in [0.2, 0.25) is 10.0 Å². The second kappa shape index (κ2) is 6.93. The number of hydrogen-bond donors (Lipinski definition) is 1. The molecular formula is C19H21ClN2O3S. The fraction of sp³-hybridized carbons (Fsp3) is 0.316. The highest BCUT2D eigenvalue weighted by atomic mass is 35.5. The predicted octanol–water partition coefficient (Wildman–Crippen LogP) is 4.00. The highest BCUT2D eigenvalue weighted by molar-refractivity contribution is 7.92. The standard InChI is InChI=1S/C19H21ClN2O3S/c1-4-26(24,25)22-13(3)10-15-11-14(5-8-18(15)22)19(23)21-17-7-6-16(20)9-12(17)2/h5-9,11,13H,4,10H2,1-3H3,(H,21,23)/t13-/m0/s1. The van der Waals surface area contributed by atoms with Crippen molar-refractivity contribution in [1.29, 1.82) is 0 Å². The molecule has 138 valence electrons. The van der Waals surface area contributed by atoms with Gasteiger partial charge in [0.25, 0.3) is 5.91 Å². The van der Waals surface area contributed by atoms with Crippen LogP contribution in [0.1, 0.15) is 35.3 Å². The highest BCUT2D eigenvalue weighted by Gasteiger charge is 2.34. The molecule has 26 heavy (non-hydrogen) atoms. The first-order valence-electron chi connectivity index (χ1n) is 8.45. The van der Waals surface area contributed by atoms with Crippen LogP contribution < -0.4 is 9.62 Å². The van der Waals surface area contributed by atoms with Crippen LogP contribution in [0.25, 0.3) is 0 Å². The van der Waals surface area contributed by atoms with Crippen molar-refractivity contribution in [2.75, 3.05) is 15.4 Å². The van der Waals surface area contributed by atoms with Crippen LogP contribution >= 0.6 is 11.6 Å². The van der Waals surface area contributed by atoms with Gasteiger partial charge in [0.05, 0.1) is 11.4 Å². The van der Waals surface area contributed by atoms with Gasteiger partial charge in [-0.2, -0.15) is 0 Å². The van der Waals surface area contributed by atoms with Gasteiger partial charge in [-0.1, -0.05) is 11.6 Å². The van der Waals surface area contributed by atoms with Gasteiger partial charge >= 0.3 is 0 Å². The minimum atomic E-state index is -3.33. The lowest BCUT2D eigenvalue weighted by atomic mass is 10.1. The molecule has 0 aromatic heterocycles. The van der Waals surface area contributed by atoms with E-state index in [9.17, 15) is 13.2 Å². The Kier molecular flexibility index (Phi) is 4.99. The Hall–Kier alpha value is -2.05. The molecule has 1 amide bonds. The van der Waals surface area contributed by atoms with Crippen LogP contribution in [0.5, 0.6) is 0 Å². The number of anilines is 2. The summed E-state index contributed by atoms with van der Waals surface area (Å²) >= 11 is 5.94. The molecule has 1 atom stereocenters. The predicted molar refractivity (Wildman–Crippen MR) is 106 cm³/mol. The number of benzene rings is 2. The Morgan fingerprint density at radius 3 is 2.65 bits per heavy atom. The Morgan fingerprint density at radius 2 is 2.00 bits per heavy atom. The molecule has 5 nitrogen and oxygen atoms in total. The molecule has 1 aliphatic heterocycles. The topological polar surface area (TPSA) is 66.5 Å². The molecule has 3 rings (SSSR count). The smallest absolute Gasteiger partial charge is 0.255 e. The molecule has 0 spiro atoms. The lowest BCUT2D eigenvalue weighted by Crippen LogP contribution is -2.36. The minimum absolute atomic E-state index is 0.0505. The number of amides is 1. The van der Waals surface area contributed by atoms with E-state index >= 15 is 0 Å². The van der Waals surface area contributed by atoms with Crippen LogP contribution in [0.2, 0.25) is 5.02 Å². The fourth-order valence-electron chi connectivity index (χ4n) is 3.27. The van der Waals surface area contributed by atoms with E-state index in [1.165, 1.54) is 4.31 Å². The van der Waals surface area contributed by atoms with Crippen molar-refractivity contribution in [2.24, 2.45) is 0 Å². The normalized spacial score (nSPS) is 16.5. The van der Waals surface area contributed by atoms with Crippen molar-refractivity contribution in [1.82, 2.24) is 0 Å². The quantitative estimate of drug-likeness (QED) is 0.855. The number of fused-ring (bicyclic) bond motifs is 1. The Morgan fingerprint density at radius 1 is 1.27 bits per heavy atom. The zero-order valence-corrected chi connectivity index (χ0v) is 16.5. The molecule has 2 aromatic carbocycles. The van der Waals surface area contributed by atoms with E-state index in [0.29, 0.717) is 28.4 Å². The number of halogens is 1. The monoisotopic (exact) mass is 392 g/mol. The molecule has 1 aliphatic rings. The number of aryl methyl sites for hydroxylation is 1. The highest BCUT2D eigenvalue weighted by Crippen LogP contribution is 2.35. The van der Waals surface area contributed by atoms with Crippen LogP contribution in [0.4, 0.5) is 11.4 Å². The number of carbonyl (C=O) groups excluding carboxylic acids is 1. The second-order valence-corrected chi connectivity index (χ2v) is 9.08. The number of hydrogen-bond acceptors (Lipinski definition) is 3. The molecule has 0 fully saturated rings. The summed E-state index contributed by atoms with van der Waals surface area (Å²) in [6.07, 6.45) is 0.593. The van der Waals surface area contributed by atoms with Gasteiger partial charge in [0.1, 0.15) is 0 Å². The number of carbonyl (C=O) groups is 1. The molecule has 0 bridgehead atoms. The van der Waals surface area contributed by atoms with Crippen LogP contribution in [-0.2, 0) is 16.4 Å². The van der Waals surface area contributed by atoms with E-state index in [4.69, 9.17) is 11.6 Å². The number of rotatable bonds is 4. The summed E-state index contributed by atoms with van der Waals surface area (Å²) in [5.74, 6) is -0.183. The lowest BCUT2D eigenvalue weighted by Gasteiger charge is -2.23. The van der Waals surface area contributed by atoms with Crippen LogP contribution in [-0.4, -0.2) is 26.1 Å². The van der Waals surface area contributed by atoms with Gasteiger partial charge in [-0.05, 0) is 74.7 Å². The van der Waals surface area contributed by atoms with E-state index in [0.717, 1.165) is 11.1 Å². The van der Waals surface area contributed by atoms with E-state index in [-0.39, 0.29) is 17.7 Å². The molecule has 0 saturated heterocycles. The van der Waals surface area contributed by atoms with Crippen molar-refractivity contribution in [2.45, 2.75) is 33.2 Å². The van der Waals surface area contributed by atoms with Gasteiger partial charge in [-0.25, -0.2) is 8.42 Å². The number of nitrogens with one attached hydrogen (secondary N) is 1. The maximum Gasteiger partial charge on any atom is 0.255 e. The summed E-state index contributed by atoms with van der Waals surface area (Å²) in [5.41, 5.74) is 3.61. The number of sulfonamides is 1. The van der Waals surface area contributed by atoms with Crippen LogP contribution in [0.15, 0.2) is 36.4 Å². The Balaban J connectivity index is 1.88. The third-order valence-electron chi connectivity index (χ3n) is 4.60. The molecular weight excluding hydrogens is 372 g/mol. The van der Waals surface area contributed by atoms with Gasteiger partial charge in [0, 0.05) is 22.3 Å². The minimum Gasteiger partial charge on any atom is -0.322 e. The Bertz CT molecular complexity index is 973. The summed E-state index contributed by atoms with van der Waals surface area (Å²) < 4.78 is 26.1. The summed E-state index contributed by atoms with van der Waals surface area (Å²) in [7, 11) is -3.33. The summed E-state index contributed by atoms with van der Waals surface area (Å²) in [6.45, 7) is 5.39. The van der Waals surface area contributed by atoms with Crippen LogP contribution in [0, 0.1) is 6.92 Å². The largest absolute Gasteiger partial charge is 0.322 e. The maximum atomic E-state index is 12.6. The van der Waals surface area contributed by atoms with Crippen molar-refractivity contribution < 1.29 is 13.2 Å². The van der Waals surface area contributed by atoms with Crippen molar-refractivity contribution in [3.05, 3.63) is 58.1 Å². The lowest BCUT2D eigenvalue weighted by molar-refractivity contribution is 0.102. The van der Waals surface area contributed by atoms with Gasteiger partial charge in [-0.15, -0.1) is 0 Å². The third kappa shape index (κ3) is 3.44. The Labute approximate surface area is 159 Å².